The minimum atomic E-state index is -3.88. The number of aromatic nitrogens is 2. The zero-order chi connectivity index (χ0) is 20.8. The summed E-state index contributed by atoms with van der Waals surface area (Å²) >= 11 is -3.88. The maximum atomic E-state index is 12.3. The van der Waals surface area contributed by atoms with Crippen LogP contribution in [0.5, 0.6) is 0 Å². The standard InChI is InChI=1S/C6H8N3O2.3C6H5.Sn/c7-5(6(10)11)1-4-2-8-3-9-4;3*1-2-4-6-5-3-1;/h2-3,5,7H,1H2,(H,8,9)(H,10,11);3*1-5H;/q-1;;;;+1. The Balaban J connectivity index is 1.91. The van der Waals surface area contributed by atoms with Crippen molar-refractivity contribution in [2.75, 3.05) is 0 Å². The Morgan fingerprint density at radius 2 is 1.33 bits per heavy atom. The van der Waals surface area contributed by atoms with E-state index in [-0.39, 0.29) is 0 Å². The van der Waals surface area contributed by atoms with Crippen LogP contribution in [0.15, 0.2) is 104 Å². The molecule has 0 bridgehead atoms. The zero-order valence-electron chi connectivity index (χ0n) is 16.4. The predicted octanol–water partition coefficient (Wildman–Crippen LogP) is 1.66. The van der Waals surface area contributed by atoms with E-state index < -0.39 is 30.7 Å². The molecule has 0 saturated heterocycles. The van der Waals surface area contributed by atoms with Crippen LogP contribution in [0.25, 0.3) is 0 Å². The van der Waals surface area contributed by atoms with Crippen molar-refractivity contribution in [1.82, 2.24) is 13.5 Å². The van der Waals surface area contributed by atoms with Gasteiger partial charge < -0.3 is 0 Å². The molecule has 4 aromatic rings. The normalized spacial score (nSPS) is 12.4. The fourth-order valence-corrected chi connectivity index (χ4v) is 16.2. The molecule has 1 unspecified atom stereocenters. The first-order valence-corrected chi connectivity index (χ1v) is 15.6. The summed E-state index contributed by atoms with van der Waals surface area (Å²) in [5, 5.41) is 10.1. The number of nitrogens with zero attached hydrogens (tertiary/aromatic N) is 1. The molecule has 0 aliphatic carbocycles. The Labute approximate surface area is 180 Å². The van der Waals surface area contributed by atoms with E-state index >= 15 is 0 Å². The first kappa shape index (κ1) is 20.4. The molecule has 6 heteroatoms. The van der Waals surface area contributed by atoms with Crippen LogP contribution in [0.1, 0.15) is 5.69 Å². The van der Waals surface area contributed by atoms with Gasteiger partial charge in [0.05, 0.1) is 0 Å². The molecule has 30 heavy (non-hydrogen) atoms. The number of hydrogen-bond donors (Lipinski definition) is 3. The third-order valence-corrected chi connectivity index (χ3v) is 17.8. The van der Waals surface area contributed by atoms with Crippen molar-refractivity contribution in [3.05, 3.63) is 109 Å². The van der Waals surface area contributed by atoms with E-state index in [0.717, 1.165) is 5.69 Å². The first-order chi connectivity index (χ1) is 14.7. The van der Waals surface area contributed by atoms with Gasteiger partial charge in [-0.15, -0.1) is 0 Å². The summed E-state index contributed by atoms with van der Waals surface area (Å²) < 4.78 is 7.26. The van der Waals surface area contributed by atoms with Crippen LogP contribution in [-0.2, 0) is 11.2 Å². The van der Waals surface area contributed by atoms with Gasteiger partial charge in [-0.05, 0) is 0 Å². The van der Waals surface area contributed by atoms with Gasteiger partial charge in [-0.2, -0.15) is 0 Å². The van der Waals surface area contributed by atoms with Crippen LogP contribution in [0.4, 0.5) is 0 Å². The molecule has 0 spiro atoms. The van der Waals surface area contributed by atoms with Crippen LogP contribution in [0, 0.1) is 0 Å². The number of aromatic amines is 1. The van der Waals surface area contributed by atoms with E-state index in [0.29, 0.717) is 6.42 Å². The quantitative estimate of drug-likeness (QED) is 0.320. The van der Waals surface area contributed by atoms with E-state index in [4.69, 9.17) is 0 Å². The molecule has 0 radical (unpaired) electrons. The summed E-state index contributed by atoms with van der Waals surface area (Å²) in [5.41, 5.74) is 0.796. The Hall–Kier alpha value is -2.90. The second-order valence-corrected chi connectivity index (χ2v) is 17.2. The van der Waals surface area contributed by atoms with Crippen molar-refractivity contribution in [3.63, 3.8) is 0 Å². The number of carbonyl (C=O) groups is 1. The van der Waals surface area contributed by atoms with E-state index in [1.54, 1.807) is 12.5 Å². The first-order valence-electron chi connectivity index (χ1n) is 9.84. The molecule has 0 aliphatic heterocycles. The van der Waals surface area contributed by atoms with Gasteiger partial charge >= 0.3 is 180 Å². The van der Waals surface area contributed by atoms with Crippen molar-refractivity contribution in [2.24, 2.45) is 0 Å². The minimum absolute atomic E-state index is 0.334. The summed E-state index contributed by atoms with van der Waals surface area (Å²) in [4.78, 5) is 19.4. The van der Waals surface area contributed by atoms with Crippen LogP contribution in [0.2, 0.25) is 0 Å². The summed E-state index contributed by atoms with van der Waals surface area (Å²) in [5.74, 6) is -0.867. The number of H-pyrrole nitrogens is 1. The molecule has 1 aromatic heterocycles. The molecule has 1 heterocycles. The zero-order valence-corrected chi connectivity index (χ0v) is 19.3. The Morgan fingerprint density at radius 1 is 0.867 bits per heavy atom. The van der Waals surface area contributed by atoms with Gasteiger partial charge in [-0.3, -0.25) is 0 Å². The summed E-state index contributed by atoms with van der Waals surface area (Å²) in [6.45, 7) is 0. The van der Waals surface area contributed by atoms with Crippen molar-refractivity contribution < 1.29 is 9.90 Å². The summed E-state index contributed by atoms with van der Waals surface area (Å²) in [6.07, 6.45) is 3.60. The molecule has 0 amide bonds. The molecule has 3 aromatic carbocycles. The van der Waals surface area contributed by atoms with Crippen molar-refractivity contribution in [1.29, 1.82) is 0 Å². The van der Waals surface area contributed by atoms with Gasteiger partial charge in [0.15, 0.2) is 0 Å². The van der Waals surface area contributed by atoms with Gasteiger partial charge in [-0.1, -0.05) is 0 Å². The third kappa shape index (κ3) is 4.17. The molecule has 3 N–H and O–H groups in total. The average molecular weight is 504 g/mol. The van der Waals surface area contributed by atoms with Gasteiger partial charge in [0.2, 0.25) is 0 Å². The van der Waals surface area contributed by atoms with Gasteiger partial charge in [0.1, 0.15) is 0 Å². The van der Waals surface area contributed by atoms with Crippen LogP contribution in [-0.4, -0.2) is 45.7 Å². The molecule has 1 atom stereocenters. The number of benzene rings is 3. The molecule has 0 fully saturated rings. The number of aliphatic carboxylic acids is 1. The maximum absolute atomic E-state index is 12.3. The van der Waals surface area contributed by atoms with Gasteiger partial charge in [0, 0.05) is 0 Å². The molecule has 150 valence electrons. The molecular formula is C24H23N3O2Sn. The van der Waals surface area contributed by atoms with E-state index in [9.17, 15) is 9.90 Å². The molecule has 5 nitrogen and oxygen atoms in total. The van der Waals surface area contributed by atoms with Gasteiger partial charge in [-0.25, -0.2) is 0 Å². The number of imidazole rings is 1. The number of carboxylic acids is 1. The van der Waals surface area contributed by atoms with Crippen molar-refractivity contribution >= 4 is 35.4 Å². The van der Waals surface area contributed by atoms with Crippen LogP contribution >= 0.6 is 0 Å². The Kier molecular flexibility index (Phi) is 6.30. The topological polar surface area (TPSA) is 78.0 Å². The molecule has 0 aliphatic rings. The van der Waals surface area contributed by atoms with Crippen LogP contribution in [0.3, 0.4) is 0 Å². The average Bonchev–Trinajstić information content (AvgIpc) is 3.31. The Morgan fingerprint density at radius 3 is 1.70 bits per heavy atom. The molecular weight excluding hydrogens is 481 g/mol. The van der Waals surface area contributed by atoms with Gasteiger partial charge in [0.25, 0.3) is 0 Å². The summed E-state index contributed by atoms with van der Waals surface area (Å²) in [6, 6.07) is 30.1. The number of rotatable bonds is 8. The van der Waals surface area contributed by atoms with Crippen LogP contribution < -0.4 is 14.3 Å². The second kappa shape index (κ2) is 9.28. The van der Waals surface area contributed by atoms with Crippen molar-refractivity contribution in [2.45, 2.75) is 12.5 Å². The number of hydrogen-bond acceptors (Lipinski definition) is 3. The monoisotopic (exact) mass is 505 g/mol. The van der Waals surface area contributed by atoms with Crippen molar-refractivity contribution in [3.8, 4) is 0 Å². The predicted molar refractivity (Wildman–Crippen MR) is 121 cm³/mol. The molecule has 0 saturated carbocycles. The number of nitrogens with one attached hydrogen (secondary N) is 2. The SMILES string of the molecule is O=C(O)C(Cc1cnc[nH]1)[NH][Sn]([c]1ccccc1)([c]1ccccc1)[c]1ccccc1. The Bertz CT molecular complexity index is 975. The fourth-order valence-electron chi connectivity index (χ4n) is 3.89. The van der Waals surface area contributed by atoms with E-state index in [1.165, 1.54) is 10.7 Å². The molecule has 4 rings (SSSR count). The number of carboxylic acid groups (broad SMARTS) is 1. The van der Waals surface area contributed by atoms with E-state index in [2.05, 4.69) is 49.9 Å². The van der Waals surface area contributed by atoms with E-state index in [1.807, 2.05) is 54.6 Å². The summed E-state index contributed by atoms with van der Waals surface area (Å²) in [7, 11) is 0. The fraction of sp³-hybridized carbons (Fsp3) is 0.0833. The third-order valence-electron chi connectivity index (χ3n) is 5.29. The second-order valence-electron chi connectivity index (χ2n) is 7.16.